The van der Waals surface area contributed by atoms with Crippen LogP contribution in [0.2, 0.25) is 0 Å². The molecule has 1 aromatic carbocycles. The maximum absolute atomic E-state index is 12.1. The van der Waals surface area contributed by atoms with Gasteiger partial charge in [0.15, 0.2) is 0 Å². The molecule has 0 saturated carbocycles. The Kier molecular flexibility index (Phi) is 3.70. The summed E-state index contributed by atoms with van der Waals surface area (Å²) in [5.74, 6) is 0.507. The summed E-state index contributed by atoms with van der Waals surface area (Å²) >= 11 is 0. The second kappa shape index (κ2) is 5.25. The number of hydrogen-bond acceptors (Lipinski definition) is 3. The highest BCUT2D eigenvalue weighted by atomic mass is 16.5. The van der Waals surface area contributed by atoms with Crippen molar-refractivity contribution in [1.29, 1.82) is 0 Å². The van der Waals surface area contributed by atoms with Gasteiger partial charge in [0.2, 0.25) is 0 Å². The van der Waals surface area contributed by atoms with E-state index >= 15 is 0 Å². The van der Waals surface area contributed by atoms with Crippen LogP contribution in [-0.4, -0.2) is 19.2 Å². The van der Waals surface area contributed by atoms with Crippen molar-refractivity contribution in [3.8, 4) is 5.75 Å². The van der Waals surface area contributed by atoms with E-state index in [2.05, 4.69) is 0 Å². The molecule has 0 spiro atoms. The summed E-state index contributed by atoms with van der Waals surface area (Å²) in [6, 6.07) is 5.89. The monoisotopic (exact) mass is 246 g/mol. The van der Waals surface area contributed by atoms with E-state index in [4.69, 9.17) is 9.47 Å². The Morgan fingerprint density at radius 2 is 2.17 bits per heavy atom. The van der Waals surface area contributed by atoms with Crippen molar-refractivity contribution in [2.24, 2.45) is 0 Å². The lowest BCUT2D eigenvalue weighted by atomic mass is 9.97. The van der Waals surface area contributed by atoms with E-state index in [1.165, 1.54) is 0 Å². The van der Waals surface area contributed by atoms with E-state index in [-0.39, 0.29) is 5.97 Å². The molecule has 3 heteroatoms. The average molecular weight is 246 g/mol. The highest BCUT2D eigenvalue weighted by Crippen LogP contribution is 2.34. The van der Waals surface area contributed by atoms with E-state index in [0.717, 1.165) is 28.9 Å². The van der Waals surface area contributed by atoms with E-state index in [1.807, 2.05) is 39.0 Å². The van der Waals surface area contributed by atoms with Gasteiger partial charge in [0.05, 0.1) is 18.8 Å². The molecule has 18 heavy (non-hydrogen) atoms. The van der Waals surface area contributed by atoms with Gasteiger partial charge >= 0.3 is 5.97 Å². The molecule has 1 aromatic rings. The van der Waals surface area contributed by atoms with Crippen molar-refractivity contribution in [2.75, 3.05) is 13.2 Å². The summed E-state index contributed by atoms with van der Waals surface area (Å²) in [5, 5.41) is 0. The fourth-order valence-corrected chi connectivity index (χ4v) is 2.12. The third-order valence-corrected chi connectivity index (χ3v) is 3.05. The van der Waals surface area contributed by atoms with Crippen LogP contribution in [0.3, 0.4) is 0 Å². The van der Waals surface area contributed by atoms with Gasteiger partial charge in [0, 0.05) is 12.0 Å². The third-order valence-electron chi connectivity index (χ3n) is 3.05. The van der Waals surface area contributed by atoms with E-state index in [0.29, 0.717) is 18.8 Å². The quantitative estimate of drug-likeness (QED) is 0.752. The number of carbonyl (C=O) groups excluding carboxylic acids is 1. The largest absolute Gasteiger partial charge is 0.493 e. The second-order valence-electron chi connectivity index (χ2n) is 4.47. The Bertz CT molecular complexity index is 500. The maximum atomic E-state index is 12.1. The molecule has 0 saturated heterocycles. The topological polar surface area (TPSA) is 35.5 Å². The number of hydrogen-bond donors (Lipinski definition) is 0. The maximum Gasteiger partial charge on any atom is 0.338 e. The van der Waals surface area contributed by atoms with Crippen LogP contribution in [0.1, 0.15) is 31.4 Å². The van der Waals surface area contributed by atoms with Crippen LogP contribution in [0, 0.1) is 6.92 Å². The SMILES string of the molecule is CCOC(=O)C1=C(C)CCOc2ccc(C)cc21. The van der Waals surface area contributed by atoms with Crippen molar-refractivity contribution in [1.82, 2.24) is 0 Å². The molecule has 1 aliphatic heterocycles. The highest BCUT2D eigenvalue weighted by Gasteiger charge is 2.22. The van der Waals surface area contributed by atoms with Gasteiger partial charge in [0.1, 0.15) is 5.75 Å². The number of fused-ring (bicyclic) bond motifs is 1. The molecular weight excluding hydrogens is 228 g/mol. The standard InChI is InChI=1S/C15H18O3/c1-4-17-15(16)14-11(3)7-8-18-13-6-5-10(2)9-12(13)14/h5-6,9H,4,7-8H2,1-3H3. The molecule has 0 unspecified atom stereocenters. The lowest BCUT2D eigenvalue weighted by molar-refractivity contribution is -0.136. The lowest BCUT2D eigenvalue weighted by Crippen LogP contribution is -2.08. The lowest BCUT2D eigenvalue weighted by Gasteiger charge is -2.12. The molecule has 96 valence electrons. The first-order valence-electron chi connectivity index (χ1n) is 6.24. The number of esters is 1. The molecule has 0 aliphatic carbocycles. The summed E-state index contributed by atoms with van der Waals surface area (Å²) in [6.45, 7) is 6.77. The fraction of sp³-hybridized carbons (Fsp3) is 0.400. The number of carbonyl (C=O) groups is 1. The average Bonchev–Trinajstić information content (AvgIpc) is 2.47. The summed E-state index contributed by atoms with van der Waals surface area (Å²) in [7, 11) is 0. The van der Waals surface area contributed by atoms with Crippen LogP contribution < -0.4 is 4.74 Å². The zero-order valence-electron chi connectivity index (χ0n) is 11.1. The molecule has 0 aromatic heterocycles. The van der Waals surface area contributed by atoms with E-state index in [9.17, 15) is 4.79 Å². The summed E-state index contributed by atoms with van der Waals surface area (Å²) in [4.78, 5) is 12.1. The van der Waals surface area contributed by atoms with Crippen molar-refractivity contribution < 1.29 is 14.3 Å². The molecule has 0 atom stereocenters. The van der Waals surface area contributed by atoms with Gasteiger partial charge in [-0.1, -0.05) is 17.2 Å². The fourth-order valence-electron chi connectivity index (χ4n) is 2.12. The first-order valence-corrected chi connectivity index (χ1v) is 6.24. The van der Waals surface area contributed by atoms with Crippen molar-refractivity contribution >= 4 is 11.5 Å². The van der Waals surface area contributed by atoms with Gasteiger partial charge in [-0.15, -0.1) is 0 Å². The molecule has 2 rings (SSSR count). The van der Waals surface area contributed by atoms with Crippen LogP contribution in [0.15, 0.2) is 23.8 Å². The molecule has 1 aliphatic rings. The van der Waals surface area contributed by atoms with Crippen molar-refractivity contribution in [2.45, 2.75) is 27.2 Å². The Labute approximate surface area is 107 Å². The Balaban J connectivity index is 2.54. The second-order valence-corrected chi connectivity index (χ2v) is 4.47. The minimum absolute atomic E-state index is 0.257. The molecule has 0 N–H and O–H groups in total. The molecule has 0 bridgehead atoms. The normalized spacial score (nSPS) is 14.6. The molecule has 0 amide bonds. The number of ether oxygens (including phenoxy) is 2. The Morgan fingerprint density at radius 1 is 1.39 bits per heavy atom. The Morgan fingerprint density at radius 3 is 2.89 bits per heavy atom. The molecular formula is C15H18O3. The van der Waals surface area contributed by atoms with Crippen LogP contribution in [0.25, 0.3) is 5.57 Å². The van der Waals surface area contributed by atoms with E-state index < -0.39 is 0 Å². The van der Waals surface area contributed by atoms with Gasteiger partial charge < -0.3 is 9.47 Å². The summed E-state index contributed by atoms with van der Waals surface area (Å²) in [6.07, 6.45) is 0.752. The van der Waals surface area contributed by atoms with Gasteiger partial charge in [0.25, 0.3) is 0 Å². The van der Waals surface area contributed by atoms with Crippen LogP contribution in [0.4, 0.5) is 0 Å². The summed E-state index contributed by atoms with van der Waals surface area (Å²) < 4.78 is 10.8. The van der Waals surface area contributed by atoms with Gasteiger partial charge in [-0.2, -0.15) is 0 Å². The predicted octanol–water partition coefficient (Wildman–Crippen LogP) is 3.11. The van der Waals surface area contributed by atoms with Crippen LogP contribution in [0.5, 0.6) is 5.75 Å². The first-order chi connectivity index (χ1) is 8.63. The first kappa shape index (κ1) is 12.7. The van der Waals surface area contributed by atoms with Crippen LogP contribution in [-0.2, 0) is 9.53 Å². The van der Waals surface area contributed by atoms with Crippen LogP contribution >= 0.6 is 0 Å². The van der Waals surface area contributed by atoms with Crippen molar-refractivity contribution in [3.63, 3.8) is 0 Å². The van der Waals surface area contributed by atoms with Gasteiger partial charge in [-0.25, -0.2) is 4.79 Å². The number of rotatable bonds is 2. The van der Waals surface area contributed by atoms with Gasteiger partial charge in [-0.05, 0) is 32.9 Å². The van der Waals surface area contributed by atoms with E-state index in [1.54, 1.807) is 0 Å². The minimum atomic E-state index is -0.257. The number of benzene rings is 1. The molecule has 3 nitrogen and oxygen atoms in total. The predicted molar refractivity (Wildman–Crippen MR) is 70.5 cm³/mol. The zero-order chi connectivity index (χ0) is 13.1. The van der Waals surface area contributed by atoms with Gasteiger partial charge in [-0.3, -0.25) is 0 Å². The molecule has 0 radical (unpaired) electrons. The third kappa shape index (κ3) is 2.40. The van der Waals surface area contributed by atoms with Crippen molar-refractivity contribution in [3.05, 3.63) is 34.9 Å². The molecule has 0 fully saturated rings. The highest BCUT2D eigenvalue weighted by molar-refractivity contribution is 6.18. The summed E-state index contributed by atoms with van der Waals surface area (Å²) in [5.41, 5.74) is 3.64. The number of aryl methyl sites for hydroxylation is 1. The smallest absolute Gasteiger partial charge is 0.338 e. The Hall–Kier alpha value is -1.77. The zero-order valence-corrected chi connectivity index (χ0v) is 11.1. The molecule has 1 heterocycles. The minimum Gasteiger partial charge on any atom is -0.493 e.